The molecule has 1 saturated heterocycles. The van der Waals surface area contributed by atoms with E-state index in [2.05, 4.69) is 0 Å². The van der Waals surface area contributed by atoms with Crippen LogP contribution in [0.1, 0.15) is 59.3 Å². The Bertz CT molecular complexity index is 451. The Morgan fingerprint density at radius 1 is 1.30 bits per heavy atom. The third kappa shape index (κ3) is 2.13. The summed E-state index contributed by atoms with van der Waals surface area (Å²) in [4.78, 5) is 37.6. The lowest BCUT2D eigenvalue weighted by Crippen LogP contribution is -2.52. The Labute approximate surface area is 119 Å². The summed E-state index contributed by atoms with van der Waals surface area (Å²) in [5, 5.41) is 9.16. The second-order valence-corrected chi connectivity index (χ2v) is 6.79. The summed E-state index contributed by atoms with van der Waals surface area (Å²) in [5.74, 6) is -1.26. The normalized spacial score (nSPS) is 29.5. The van der Waals surface area contributed by atoms with Gasteiger partial charge in [-0.2, -0.15) is 0 Å². The molecular weight excluding hydrogens is 258 g/mol. The summed E-state index contributed by atoms with van der Waals surface area (Å²) in [5.41, 5.74) is -1.47. The fraction of sp³-hybridized carbons (Fsp3) is 0.800. The third-order valence-electron chi connectivity index (χ3n) is 5.22. The van der Waals surface area contributed by atoms with Crippen LogP contribution in [-0.2, 0) is 14.4 Å². The van der Waals surface area contributed by atoms with E-state index < -0.39 is 16.9 Å². The number of hydrogen-bond acceptors (Lipinski definition) is 3. The molecule has 1 heterocycles. The van der Waals surface area contributed by atoms with Crippen LogP contribution < -0.4 is 0 Å². The minimum Gasteiger partial charge on any atom is -0.481 e. The highest BCUT2D eigenvalue weighted by atomic mass is 16.4. The second kappa shape index (κ2) is 4.86. The van der Waals surface area contributed by atoms with E-state index in [-0.39, 0.29) is 30.6 Å². The number of aliphatic carboxylic acids is 1. The van der Waals surface area contributed by atoms with Crippen LogP contribution in [0.25, 0.3) is 0 Å². The number of hydrogen-bond donors (Lipinski definition) is 1. The van der Waals surface area contributed by atoms with Crippen molar-refractivity contribution in [2.24, 2.45) is 11.3 Å². The van der Waals surface area contributed by atoms with E-state index in [0.29, 0.717) is 12.8 Å². The van der Waals surface area contributed by atoms with E-state index in [9.17, 15) is 14.4 Å². The van der Waals surface area contributed by atoms with E-state index in [1.54, 1.807) is 0 Å². The third-order valence-corrected chi connectivity index (χ3v) is 5.22. The smallest absolute Gasteiger partial charge is 0.305 e. The number of carbonyl (C=O) groups is 3. The molecule has 2 aliphatic rings. The van der Waals surface area contributed by atoms with Crippen LogP contribution in [-0.4, -0.2) is 33.3 Å². The highest BCUT2D eigenvalue weighted by Gasteiger charge is 2.57. The monoisotopic (exact) mass is 281 g/mol. The van der Waals surface area contributed by atoms with Crippen LogP contribution in [0.5, 0.6) is 0 Å². The number of rotatable bonds is 4. The number of carboxylic acid groups (broad SMARTS) is 1. The molecule has 1 N–H and O–H groups in total. The predicted octanol–water partition coefficient (Wildman–Crippen LogP) is 2.20. The van der Waals surface area contributed by atoms with Gasteiger partial charge in [-0.25, -0.2) is 0 Å². The molecule has 1 unspecified atom stereocenters. The molecule has 2 fully saturated rings. The van der Waals surface area contributed by atoms with Crippen LogP contribution in [0.4, 0.5) is 0 Å². The average Bonchev–Trinajstić information content (AvgIpc) is 2.84. The van der Waals surface area contributed by atoms with Gasteiger partial charge in [0.1, 0.15) is 0 Å². The molecule has 1 atom stereocenters. The van der Waals surface area contributed by atoms with Crippen molar-refractivity contribution in [3.05, 3.63) is 0 Å². The van der Waals surface area contributed by atoms with Gasteiger partial charge in [-0.05, 0) is 25.7 Å². The second-order valence-electron chi connectivity index (χ2n) is 6.79. The number of likely N-dealkylation sites (tertiary alicyclic amines) is 1. The number of carbonyl (C=O) groups excluding carboxylic acids is 2. The standard InChI is InChI=1S/C15H23NO4/c1-10(2)14(3)8-11(17)16(13(14)20)15(9-12(18)19)6-4-5-7-15/h10H,4-9H2,1-3H3,(H,18,19). The molecule has 0 aromatic carbocycles. The lowest BCUT2D eigenvalue weighted by Gasteiger charge is -2.38. The largest absolute Gasteiger partial charge is 0.481 e. The van der Waals surface area contributed by atoms with Crippen LogP contribution in [0.15, 0.2) is 0 Å². The van der Waals surface area contributed by atoms with Gasteiger partial charge in [0.05, 0.1) is 17.4 Å². The molecule has 0 aromatic heterocycles. The van der Waals surface area contributed by atoms with Gasteiger partial charge in [-0.1, -0.05) is 26.7 Å². The summed E-state index contributed by atoms with van der Waals surface area (Å²) in [6, 6.07) is 0. The zero-order valence-electron chi connectivity index (χ0n) is 12.4. The first-order valence-electron chi connectivity index (χ1n) is 7.32. The van der Waals surface area contributed by atoms with Crippen molar-refractivity contribution in [1.82, 2.24) is 4.90 Å². The van der Waals surface area contributed by atoms with Gasteiger partial charge in [0.2, 0.25) is 11.8 Å². The van der Waals surface area contributed by atoms with Crippen molar-refractivity contribution in [3.8, 4) is 0 Å². The Morgan fingerprint density at radius 3 is 2.25 bits per heavy atom. The van der Waals surface area contributed by atoms with Crippen molar-refractivity contribution in [3.63, 3.8) is 0 Å². The Balaban J connectivity index is 2.37. The van der Waals surface area contributed by atoms with Crippen LogP contribution in [0.2, 0.25) is 0 Å². The number of imide groups is 1. The molecule has 5 heteroatoms. The van der Waals surface area contributed by atoms with Crippen molar-refractivity contribution < 1.29 is 19.5 Å². The first kappa shape index (κ1) is 15.0. The summed E-state index contributed by atoms with van der Waals surface area (Å²) < 4.78 is 0. The average molecular weight is 281 g/mol. The van der Waals surface area contributed by atoms with Gasteiger partial charge in [0.25, 0.3) is 0 Å². The van der Waals surface area contributed by atoms with Crippen LogP contribution >= 0.6 is 0 Å². The number of nitrogens with zero attached hydrogens (tertiary/aromatic N) is 1. The maximum atomic E-state index is 12.8. The van der Waals surface area contributed by atoms with Gasteiger partial charge in [-0.3, -0.25) is 19.3 Å². The summed E-state index contributed by atoms with van der Waals surface area (Å²) in [6.45, 7) is 5.70. The van der Waals surface area contributed by atoms with Gasteiger partial charge >= 0.3 is 5.97 Å². The molecule has 2 rings (SSSR count). The fourth-order valence-electron chi connectivity index (χ4n) is 3.56. The predicted molar refractivity (Wildman–Crippen MR) is 72.9 cm³/mol. The molecule has 0 spiro atoms. The molecule has 2 amide bonds. The summed E-state index contributed by atoms with van der Waals surface area (Å²) in [6.07, 6.45) is 3.06. The van der Waals surface area contributed by atoms with Crippen molar-refractivity contribution >= 4 is 17.8 Å². The quantitative estimate of drug-likeness (QED) is 0.802. The minimum atomic E-state index is -0.939. The van der Waals surface area contributed by atoms with Crippen molar-refractivity contribution in [1.29, 1.82) is 0 Å². The molecule has 20 heavy (non-hydrogen) atoms. The topological polar surface area (TPSA) is 74.7 Å². The van der Waals surface area contributed by atoms with E-state index in [1.807, 2.05) is 20.8 Å². The zero-order valence-corrected chi connectivity index (χ0v) is 12.4. The van der Waals surface area contributed by atoms with Crippen molar-refractivity contribution in [2.45, 2.75) is 64.8 Å². The molecule has 0 bridgehead atoms. The molecule has 112 valence electrons. The molecular formula is C15H23NO4. The van der Waals surface area contributed by atoms with Crippen molar-refractivity contribution in [2.75, 3.05) is 0 Å². The maximum absolute atomic E-state index is 12.8. The first-order valence-corrected chi connectivity index (χ1v) is 7.32. The number of carboxylic acids is 1. The summed E-state index contributed by atoms with van der Waals surface area (Å²) in [7, 11) is 0. The van der Waals surface area contributed by atoms with Gasteiger partial charge in [0.15, 0.2) is 0 Å². The van der Waals surface area contributed by atoms with E-state index in [1.165, 1.54) is 4.90 Å². The van der Waals surface area contributed by atoms with E-state index in [0.717, 1.165) is 12.8 Å². The molecule has 1 aliphatic heterocycles. The van der Waals surface area contributed by atoms with Gasteiger partial charge in [0, 0.05) is 6.42 Å². The van der Waals surface area contributed by atoms with E-state index >= 15 is 0 Å². The maximum Gasteiger partial charge on any atom is 0.305 e. The Kier molecular flexibility index (Phi) is 3.65. The molecule has 0 radical (unpaired) electrons. The lowest BCUT2D eigenvalue weighted by atomic mass is 9.77. The first-order chi connectivity index (χ1) is 9.23. The molecule has 1 saturated carbocycles. The Morgan fingerprint density at radius 2 is 1.85 bits per heavy atom. The highest BCUT2D eigenvalue weighted by molar-refractivity contribution is 6.07. The van der Waals surface area contributed by atoms with Crippen LogP contribution in [0, 0.1) is 11.3 Å². The van der Waals surface area contributed by atoms with Gasteiger partial charge in [-0.15, -0.1) is 0 Å². The van der Waals surface area contributed by atoms with Gasteiger partial charge < -0.3 is 5.11 Å². The van der Waals surface area contributed by atoms with Crippen LogP contribution in [0.3, 0.4) is 0 Å². The zero-order chi connectivity index (χ0) is 15.1. The SMILES string of the molecule is CC(C)C1(C)CC(=O)N(C2(CC(=O)O)CCCC2)C1=O. The summed E-state index contributed by atoms with van der Waals surface area (Å²) >= 11 is 0. The molecule has 1 aliphatic carbocycles. The van der Waals surface area contributed by atoms with E-state index in [4.69, 9.17) is 5.11 Å². The number of amides is 2. The lowest BCUT2D eigenvalue weighted by molar-refractivity contribution is -0.152. The minimum absolute atomic E-state index is 0.0623. The Hall–Kier alpha value is -1.39. The molecule has 5 nitrogen and oxygen atoms in total. The fourth-order valence-corrected chi connectivity index (χ4v) is 3.56. The highest BCUT2D eigenvalue weighted by Crippen LogP contribution is 2.47. The molecule has 0 aromatic rings.